The van der Waals surface area contributed by atoms with Crippen molar-refractivity contribution in [3.63, 3.8) is 0 Å². The summed E-state index contributed by atoms with van der Waals surface area (Å²) >= 11 is 0. The first kappa shape index (κ1) is 18.1. The van der Waals surface area contributed by atoms with Crippen molar-refractivity contribution in [1.29, 1.82) is 0 Å². The Labute approximate surface area is 150 Å². The Morgan fingerprint density at radius 1 is 0.731 bits per heavy atom. The van der Waals surface area contributed by atoms with Gasteiger partial charge in [0.05, 0.1) is 12.1 Å². The number of hydrogen-bond donors (Lipinski definition) is 3. The molecule has 3 rings (SSSR count). The highest BCUT2D eigenvalue weighted by atomic mass is 32.2. The average molecular weight is 375 g/mol. The highest BCUT2D eigenvalue weighted by molar-refractivity contribution is 7.94. The Morgan fingerprint density at radius 2 is 1.08 bits per heavy atom. The fraction of sp³-hybridized carbons (Fsp3) is 0.222. The maximum absolute atomic E-state index is 13.0. The van der Waals surface area contributed by atoms with Gasteiger partial charge in [-0.1, -0.05) is 60.7 Å². The first-order valence-corrected chi connectivity index (χ1v) is 9.49. The van der Waals surface area contributed by atoms with E-state index in [4.69, 9.17) is 0 Å². The van der Waals surface area contributed by atoms with Gasteiger partial charge < -0.3 is 10.2 Å². The Kier molecular flexibility index (Phi) is 4.80. The molecule has 0 aliphatic carbocycles. The molecule has 0 saturated carbocycles. The quantitative estimate of drug-likeness (QED) is 0.738. The molecule has 26 heavy (non-hydrogen) atoms. The molecule has 1 saturated heterocycles. The molecule has 0 amide bonds. The number of aliphatic carboxylic acids is 2. The Bertz CT molecular complexity index is 844. The monoisotopic (exact) mass is 375 g/mol. The van der Waals surface area contributed by atoms with Crippen molar-refractivity contribution in [1.82, 2.24) is 5.32 Å². The van der Waals surface area contributed by atoms with Gasteiger partial charge in [-0.05, 0) is 11.1 Å². The zero-order chi connectivity index (χ0) is 18.9. The normalized spacial score (nSPS) is 27.5. The number of hydrogen-bond acceptors (Lipinski definition) is 5. The minimum absolute atomic E-state index is 0.466. The van der Waals surface area contributed by atoms with E-state index >= 15 is 0 Å². The van der Waals surface area contributed by atoms with E-state index in [1.54, 1.807) is 60.7 Å². The molecular formula is C18H17NO6S. The fourth-order valence-electron chi connectivity index (χ4n) is 3.33. The molecule has 0 bridgehead atoms. The van der Waals surface area contributed by atoms with Crippen molar-refractivity contribution >= 4 is 21.8 Å². The van der Waals surface area contributed by atoms with Crippen molar-refractivity contribution in [3.05, 3.63) is 71.8 Å². The van der Waals surface area contributed by atoms with Crippen LogP contribution >= 0.6 is 0 Å². The van der Waals surface area contributed by atoms with Gasteiger partial charge in [0.15, 0.2) is 20.3 Å². The molecule has 8 heteroatoms. The number of carboxylic acid groups (broad SMARTS) is 2. The predicted molar refractivity (Wildman–Crippen MR) is 93.3 cm³/mol. The Hall–Kier alpha value is -2.71. The van der Waals surface area contributed by atoms with E-state index in [1.807, 2.05) is 0 Å². The topological polar surface area (TPSA) is 121 Å². The molecule has 1 aliphatic rings. The van der Waals surface area contributed by atoms with Crippen molar-refractivity contribution in [3.8, 4) is 0 Å². The third kappa shape index (κ3) is 3.09. The summed E-state index contributed by atoms with van der Waals surface area (Å²) < 4.78 is 25.9. The van der Waals surface area contributed by atoms with Crippen molar-refractivity contribution in [2.45, 2.75) is 22.6 Å². The van der Waals surface area contributed by atoms with Gasteiger partial charge >= 0.3 is 11.9 Å². The van der Waals surface area contributed by atoms with Crippen LogP contribution in [0.2, 0.25) is 0 Å². The lowest BCUT2D eigenvalue weighted by molar-refractivity contribution is -0.138. The summed E-state index contributed by atoms with van der Waals surface area (Å²) in [6.45, 7) is 0. The van der Waals surface area contributed by atoms with Gasteiger partial charge in [0, 0.05) is 0 Å². The number of benzene rings is 2. The number of carboxylic acids is 2. The van der Waals surface area contributed by atoms with E-state index in [-0.39, 0.29) is 0 Å². The maximum atomic E-state index is 13.0. The number of rotatable bonds is 4. The van der Waals surface area contributed by atoms with E-state index in [0.717, 1.165) is 0 Å². The van der Waals surface area contributed by atoms with Crippen molar-refractivity contribution < 1.29 is 28.2 Å². The molecule has 0 aromatic heterocycles. The average Bonchev–Trinajstić information content (AvgIpc) is 2.60. The first-order chi connectivity index (χ1) is 12.3. The zero-order valence-corrected chi connectivity index (χ0v) is 14.3. The summed E-state index contributed by atoms with van der Waals surface area (Å²) in [6.07, 6.45) is 0. The molecule has 136 valence electrons. The molecule has 0 unspecified atom stereocenters. The highest BCUT2D eigenvalue weighted by Crippen LogP contribution is 2.38. The lowest BCUT2D eigenvalue weighted by Crippen LogP contribution is -2.58. The lowest BCUT2D eigenvalue weighted by atomic mass is 9.97. The molecule has 1 aliphatic heterocycles. The smallest absolute Gasteiger partial charge is 0.323 e. The highest BCUT2D eigenvalue weighted by Gasteiger charge is 2.55. The molecule has 0 radical (unpaired) electrons. The van der Waals surface area contributed by atoms with Crippen molar-refractivity contribution in [2.24, 2.45) is 0 Å². The van der Waals surface area contributed by atoms with Gasteiger partial charge in [-0.3, -0.25) is 14.9 Å². The second kappa shape index (κ2) is 6.89. The summed E-state index contributed by atoms with van der Waals surface area (Å²) in [5, 5.41) is 18.3. The van der Waals surface area contributed by atoms with Crippen LogP contribution in [0.3, 0.4) is 0 Å². The van der Waals surface area contributed by atoms with E-state index in [9.17, 15) is 28.2 Å². The number of carbonyl (C=O) groups is 2. The van der Waals surface area contributed by atoms with Crippen LogP contribution in [-0.4, -0.2) is 41.1 Å². The van der Waals surface area contributed by atoms with Crippen LogP contribution < -0.4 is 5.32 Å². The molecule has 2 aromatic rings. The first-order valence-electron chi connectivity index (χ1n) is 7.88. The summed E-state index contributed by atoms with van der Waals surface area (Å²) in [5.41, 5.74) is 0.932. The van der Waals surface area contributed by atoms with Gasteiger partial charge in [0.2, 0.25) is 0 Å². The summed E-state index contributed by atoms with van der Waals surface area (Å²) in [7, 11) is -4.52. The maximum Gasteiger partial charge on any atom is 0.323 e. The minimum Gasteiger partial charge on any atom is -0.480 e. The van der Waals surface area contributed by atoms with Crippen LogP contribution in [0.15, 0.2) is 60.7 Å². The number of nitrogens with one attached hydrogen (secondary N) is 1. The van der Waals surface area contributed by atoms with Crippen LogP contribution in [0.4, 0.5) is 0 Å². The van der Waals surface area contributed by atoms with Gasteiger partial charge in [0.1, 0.15) is 0 Å². The fourth-order valence-corrected chi connectivity index (χ4v) is 5.44. The largest absolute Gasteiger partial charge is 0.480 e. The predicted octanol–water partition coefficient (Wildman–Crippen LogP) is 1.39. The van der Waals surface area contributed by atoms with Gasteiger partial charge in [-0.2, -0.15) is 0 Å². The Balaban J connectivity index is 2.18. The van der Waals surface area contributed by atoms with Gasteiger partial charge in [-0.25, -0.2) is 8.42 Å². The third-order valence-electron chi connectivity index (χ3n) is 4.48. The van der Waals surface area contributed by atoms with Crippen molar-refractivity contribution in [2.75, 3.05) is 0 Å². The van der Waals surface area contributed by atoms with Crippen LogP contribution in [0.5, 0.6) is 0 Å². The number of sulfone groups is 1. The Morgan fingerprint density at radius 3 is 1.38 bits per heavy atom. The van der Waals surface area contributed by atoms with Gasteiger partial charge in [-0.15, -0.1) is 0 Å². The summed E-state index contributed by atoms with van der Waals surface area (Å²) in [6, 6.07) is 14.5. The SMILES string of the molecule is O=C(O)[C@@H]1[C@@H](c2ccccc2)N[C@@H](c2ccccc2)[C@@H](C(=O)O)S1(=O)=O. The second-order valence-corrected chi connectivity index (χ2v) is 8.24. The van der Waals surface area contributed by atoms with Crippen LogP contribution in [0.25, 0.3) is 0 Å². The molecule has 3 N–H and O–H groups in total. The minimum atomic E-state index is -4.52. The molecule has 4 atom stereocenters. The molecule has 2 aromatic carbocycles. The molecule has 1 fully saturated rings. The van der Waals surface area contributed by atoms with Gasteiger partial charge in [0.25, 0.3) is 0 Å². The van der Waals surface area contributed by atoms with E-state index in [0.29, 0.717) is 11.1 Å². The zero-order valence-electron chi connectivity index (χ0n) is 13.5. The van der Waals surface area contributed by atoms with Crippen LogP contribution in [-0.2, 0) is 19.4 Å². The summed E-state index contributed by atoms with van der Waals surface area (Å²) in [5.74, 6) is -3.16. The molecular weight excluding hydrogens is 358 g/mol. The third-order valence-corrected chi connectivity index (χ3v) is 6.84. The molecule has 0 spiro atoms. The molecule has 1 heterocycles. The van der Waals surface area contributed by atoms with E-state index in [2.05, 4.69) is 5.32 Å². The summed E-state index contributed by atoms with van der Waals surface area (Å²) in [4.78, 5) is 23.5. The van der Waals surface area contributed by atoms with E-state index in [1.165, 1.54) is 0 Å². The van der Waals surface area contributed by atoms with Crippen LogP contribution in [0.1, 0.15) is 23.2 Å². The molecule has 7 nitrogen and oxygen atoms in total. The second-order valence-electron chi connectivity index (χ2n) is 6.05. The standard InChI is InChI=1S/C18H17NO6S/c20-17(21)15-13(11-7-3-1-4-8-11)19-14(12-9-5-2-6-10-12)16(18(22)23)26(15,24)25/h1-10,13-16,19H,(H,20,21)(H,22,23)/t13-,14+,15-,16-/m0/s1. The van der Waals surface area contributed by atoms with E-state index < -0.39 is 44.4 Å². The van der Waals surface area contributed by atoms with Crippen LogP contribution in [0, 0.1) is 0 Å². The lowest BCUT2D eigenvalue weighted by Gasteiger charge is -2.39.